The third-order valence-corrected chi connectivity index (χ3v) is 4.40. The summed E-state index contributed by atoms with van der Waals surface area (Å²) in [6.45, 7) is 0.578. The maximum Gasteiger partial charge on any atom is 0.308 e. The summed E-state index contributed by atoms with van der Waals surface area (Å²) in [6, 6.07) is 9.08. The highest BCUT2D eigenvalue weighted by Gasteiger charge is 2.29. The van der Waals surface area contributed by atoms with Gasteiger partial charge in [-0.3, -0.25) is 9.59 Å². The Kier molecular flexibility index (Phi) is 8.25. The van der Waals surface area contributed by atoms with Gasteiger partial charge in [-0.15, -0.1) is 0 Å². The van der Waals surface area contributed by atoms with Crippen LogP contribution in [0.15, 0.2) is 30.3 Å². The van der Waals surface area contributed by atoms with Crippen LogP contribution in [0.3, 0.4) is 0 Å². The number of hydrogen-bond acceptors (Lipinski definition) is 4. The topological polar surface area (TPSA) is 84.9 Å². The normalized spacial score (nSPS) is 21.0. The van der Waals surface area contributed by atoms with E-state index in [1.807, 2.05) is 30.3 Å². The van der Waals surface area contributed by atoms with Crippen LogP contribution in [-0.4, -0.2) is 42.8 Å². The molecule has 2 unspecified atom stereocenters. The molecule has 0 bridgehead atoms. The van der Waals surface area contributed by atoms with Crippen LogP contribution in [0.2, 0.25) is 0 Å². The van der Waals surface area contributed by atoms with E-state index < -0.39 is 11.9 Å². The molecule has 1 aliphatic carbocycles. The highest BCUT2D eigenvalue weighted by molar-refractivity contribution is 5.79. The molecule has 25 heavy (non-hydrogen) atoms. The van der Waals surface area contributed by atoms with Crippen LogP contribution in [0.5, 0.6) is 5.75 Å². The summed E-state index contributed by atoms with van der Waals surface area (Å²) in [4.78, 5) is 23.5. The maximum atomic E-state index is 12.0. The van der Waals surface area contributed by atoms with Crippen LogP contribution in [0.4, 0.5) is 0 Å². The minimum Gasteiger partial charge on any atom is -0.491 e. The zero-order chi connectivity index (χ0) is 17.9. The van der Waals surface area contributed by atoms with Crippen molar-refractivity contribution in [2.24, 2.45) is 5.92 Å². The first-order chi connectivity index (χ1) is 12.2. The Morgan fingerprint density at radius 1 is 1.04 bits per heavy atom. The van der Waals surface area contributed by atoms with Crippen molar-refractivity contribution in [3.63, 3.8) is 0 Å². The average molecular weight is 349 g/mol. The molecule has 6 heteroatoms. The first-order valence-electron chi connectivity index (χ1n) is 8.94. The standard InChI is InChI=1S/C19H27NO5/c21-18(14-24-12-13-25-15-8-4-3-5-9-15)20-17-11-7-2-1-6-10-16(17)19(22)23/h3-5,8-9,16-17H,1-2,6-7,10-14H2,(H,20,21)(H,22,23). The average Bonchev–Trinajstić information content (AvgIpc) is 2.57. The van der Waals surface area contributed by atoms with Gasteiger partial charge in [0.25, 0.3) is 0 Å². The summed E-state index contributed by atoms with van der Waals surface area (Å²) in [7, 11) is 0. The summed E-state index contributed by atoms with van der Waals surface area (Å²) in [5, 5.41) is 12.2. The number of carboxylic acid groups (broad SMARTS) is 1. The predicted molar refractivity (Wildman–Crippen MR) is 93.5 cm³/mol. The lowest BCUT2D eigenvalue weighted by Gasteiger charge is -2.27. The number of benzene rings is 1. The molecule has 0 radical (unpaired) electrons. The lowest BCUT2D eigenvalue weighted by molar-refractivity contribution is -0.143. The Hall–Kier alpha value is -2.08. The summed E-state index contributed by atoms with van der Waals surface area (Å²) in [5.41, 5.74) is 0. The number of carboxylic acids is 1. The van der Waals surface area contributed by atoms with Gasteiger partial charge in [0.15, 0.2) is 0 Å². The molecule has 0 spiro atoms. The lowest BCUT2D eigenvalue weighted by Crippen LogP contribution is -2.45. The summed E-state index contributed by atoms with van der Waals surface area (Å²) >= 11 is 0. The molecule has 1 fully saturated rings. The molecule has 1 aromatic carbocycles. The molecule has 0 saturated heterocycles. The van der Waals surface area contributed by atoms with Crippen molar-refractivity contribution in [1.29, 1.82) is 0 Å². The minimum absolute atomic E-state index is 0.0824. The van der Waals surface area contributed by atoms with Crippen LogP contribution in [0.1, 0.15) is 38.5 Å². The summed E-state index contributed by atoms with van der Waals surface area (Å²) in [6.07, 6.45) is 5.32. The van der Waals surface area contributed by atoms with Gasteiger partial charge in [-0.25, -0.2) is 0 Å². The zero-order valence-corrected chi connectivity index (χ0v) is 14.5. The third kappa shape index (κ3) is 7.13. The highest BCUT2D eigenvalue weighted by Crippen LogP contribution is 2.23. The molecule has 1 amide bonds. The van der Waals surface area contributed by atoms with Crippen molar-refractivity contribution in [3.05, 3.63) is 30.3 Å². The van der Waals surface area contributed by atoms with Gasteiger partial charge in [-0.05, 0) is 25.0 Å². The van der Waals surface area contributed by atoms with Crippen LogP contribution in [0.25, 0.3) is 0 Å². The monoisotopic (exact) mass is 349 g/mol. The van der Waals surface area contributed by atoms with Gasteiger partial charge in [-0.2, -0.15) is 0 Å². The number of rotatable bonds is 8. The first kappa shape index (κ1) is 19.2. The zero-order valence-electron chi connectivity index (χ0n) is 14.5. The van der Waals surface area contributed by atoms with E-state index in [0.29, 0.717) is 26.1 Å². The van der Waals surface area contributed by atoms with Crippen LogP contribution in [0, 0.1) is 5.92 Å². The molecule has 0 aromatic heterocycles. The van der Waals surface area contributed by atoms with Crippen LogP contribution < -0.4 is 10.1 Å². The molecule has 1 aromatic rings. The Bertz CT molecular complexity index is 534. The number of ether oxygens (including phenoxy) is 2. The second-order valence-electron chi connectivity index (χ2n) is 6.32. The number of carbonyl (C=O) groups excluding carboxylic acids is 1. The molecule has 138 valence electrons. The molecule has 6 nitrogen and oxygen atoms in total. The number of para-hydroxylation sites is 1. The highest BCUT2D eigenvalue weighted by atomic mass is 16.5. The van der Waals surface area contributed by atoms with Crippen molar-refractivity contribution in [2.45, 2.75) is 44.6 Å². The Morgan fingerprint density at radius 3 is 2.48 bits per heavy atom. The van der Waals surface area contributed by atoms with Gasteiger partial charge < -0.3 is 19.9 Å². The van der Waals surface area contributed by atoms with Crippen LogP contribution in [-0.2, 0) is 14.3 Å². The molecular weight excluding hydrogens is 322 g/mol. The lowest BCUT2D eigenvalue weighted by atomic mass is 9.87. The second kappa shape index (κ2) is 10.7. The number of carbonyl (C=O) groups is 2. The predicted octanol–water partition coefficient (Wildman–Crippen LogP) is 2.62. The van der Waals surface area contributed by atoms with Crippen molar-refractivity contribution in [1.82, 2.24) is 5.32 Å². The fourth-order valence-electron chi connectivity index (χ4n) is 3.10. The van der Waals surface area contributed by atoms with E-state index >= 15 is 0 Å². The fraction of sp³-hybridized carbons (Fsp3) is 0.579. The SMILES string of the molecule is O=C(COCCOc1ccccc1)NC1CCCCCCC1C(=O)O. The van der Waals surface area contributed by atoms with Gasteiger partial charge in [0, 0.05) is 6.04 Å². The van der Waals surface area contributed by atoms with Crippen molar-refractivity contribution in [2.75, 3.05) is 19.8 Å². The van der Waals surface area contributed by atoms with E-state index in [0.717, 1.165) is 31.4 Å². The van der Waals surface area contributed by atoms with E-state index in [4.69, 9.17) is 9.47 Å². The van der Waals surface area contributed by atoms with Gasteiger partial charge in [0.05, 0.1) is 12.5 Å². The number of nitrogens with one attached hydrogen (secondary N) is 1. The van der Waals surface area contributed by atoms with E-state index in [9.17, 15) is 14.7 Å². The molecule has 1 aliphatic rings. The Morgan fingerprint density at radius 2 is 1.76 bits per heavy atom. The molecule has 2 N–H and O–H groups in total. The number of amides is 1. The van der Waals surface area contributed by atoms with Crippen LogP contribution >= 0.6 is 0 Å². The smallest absolute Gasteiger partial charge is 0.308 e. The van der Waals surface area contributed by atoms with Crippen molar-refractivity contribution >= 4 is 11.9 Å². The first-order valence-corrected chi connectivity index (χ1v) is 8.94. The summed E-state index contributed by atoms with van der Waals surface area (Å²) in [5.74, 6) is -0.846. The largest absolute Gasteiger partial charge is 0.491 e. The van der Waals surface area contributed by atoms with Gasteiger partial charge in [0.2, 0.25) is 5.91 Å². The van der Waals surface area contributed by atoms with Gasteiger partial charge in [-0.1, -0.05) is 43.9 Å². The molecule has 2 atom stereocenters. The van der Waals surface area contributed by atoms with E-state index in [1.165, 1.54) is 0 Å². The third-order valence-electron chi connectivity index (χ3n) is 4.40. The molecule has 0 aliphatic heterocycles. The maximum absolute atomic E-state index is 12.0. The minimum atomic E-state index is -0.829. The van der Waals surface area contributed by atoms with E-state index in [1.54, 1.807) is 0 Å². The Labute approximate surface area is 148 Å². The quantitative estimate of drug-likeness (QED) is 0.705. The second-order valence-corrected chi connectivity index (χ2v) is 6.32. The van der Waals surface area contributed by atoms with Crippen molar-refractivity contribution in [3.8, 4) is 5.75 Å². The Balaban J connectivity index is 1.67. The van der Waals surface area contributed by atoms with Gasteiger partial charge >= 0.3 is 5.97 Å². The number of aliphatic carboxylic acids is 1. The summed E-state index contributed by atoms with van der Waals surface area (Å²) < 4.78 is 10.8. The molecule has 2 rings (SSSR count). The van der Waals surface area contributed by atoms with Crippen molar-refractivity contribution < 1.29 is 24.2 Å². The molecular formula is C19H27NO5. The van der Waals surface area contributed by atoms with E-state index in [2.05, 4.69) is 5.32 Å². The van der Waals surface area contributed by atoms with Gasteiger partial charge in [0.1, 0.15) is 19.0 Å². The van der Waals surface area contributed by atoms with E-state index in [-0.39, 0.29) is 18.6 Å². The molecule has 1 saturated carbocycles. The molecule has 0 heterocycles. The fourth-order valence-corrected chi connectivity index (χ4v) is 3.10. The number of hydrogen-bond donors (Lipinski definition) is 2.